The van der Waals surface area contributed by atoms with Gasteiger partial charge in [-0.3, -0.25) is 9.79 Å². The van der Waals surface area contributed by atoms with Crippen molar-refractivity contribution in [1.29, 1.82) is 0 Å². The highest BCUT2D eigenvalue weighted by atomic mass is 16.1. The van der Waals surface area contributed by atoms with Crippen molar-refractivity contribution in [3.05, 3.63) is 35.6 Å². The second-order valence-corrected chi connectivity index (χ2v) is 5.95. The molecule has 3 rings (SSSR count). The second-order valence-electron chi connectivity index (χ2n) is 5.95. The minimum atomic E-state index is -0.0634. The van der Waals surface area contributed by atoms with Crippen LogP contribution in [0, 0.1) is 0 Å². The molecule has 0 unspecified atom stereocenters. The molecule has 0 saturated heterocycles. The maximum absolute atomic E-state index is 11.4. The van der Waals surface area contributed by atoms with E-state index in [1.54, 1.807) is 6.20 Å². The highest BCUT2D eigenvalue weighted by Crippen LogP contribution is 2.32. The van der Waals surface area contributed by atoms with Crippen LogP contribution < -0.4 is 11.1 Å². The van der Waals surface area contributed by atoms with E-state index in [-0.39, 0.29) is 11.9 Å². The predicted octanol–water partition coefficient (Wildman–Crippen LogP) is 1.71. The molecule has 1 amide bonds. The SMILES string of the molecule is CCCCN1C=C(NC(C)=O)CC2=NCC(c3ccnc(N)n3)=C21. The van der Waals surface area contributed by atoms with E-state index in [9.17, 15) is 4.79 Å². The number of aromatic nitrogens is 2. The molecule has 126 valence electrons. The van der Waals surface area contributed by atoms with Crippen molar-refractivity contribution in [2.75, 3.05) is 18.8 Å². The van der Waals surface area contributed by atoms with E-state index in [1.807, 2.05) is 12.3 Å². The normalized spacial score (nSPS) is 16.7. The average Bonchev–Trinajstić information content (AvgIpc) is 2.96. The van der Waals surface area contributed by atoms with Crippen LogP contribution in [-0.2, 0) is 4.79 Å². The molecule has 0 fully saturated rings. The number of hydrogen-bond donors (Lipinski definition) is 2. The smallest absolute Gasteiger partial charge is 0.221 e. The first kappa shape index (κ1) is 16.2. The summed E-state index contributed by atoms with van der Waals surface area (Å²) >= 11 is 0. The predicted molar refractivity (Wildman–Crippen MR) is 93.8 cm³/mol. The number of carbonyl (C=O) groups is 1. The van der Waals surface area contributed by atoms with Crippen molar-refractivity contribution < 1.29 is 4.79 Å². The van der Waals surface area contributed by atoms with Gasteiger partial charge in [-0.05, 0) is 12.5 Å². The summed E-state index contributed by atoms with van der Waals surface area (Å²) in [5.41, 5.74) is 10.6. The van der Waals surface area contributed by atoms with Crippen LogP contribution >= 0.6 is 0 Å². The lowest BCUT2D eigenvalue weighted by atomic mass is 10.0. The molecule has 2 aliphatic heterocycles. The summed E-state index contributed by atoms with van der Waals surface area (Å²) in [7, 11) is 0. The molecular weight excluding hydrogens is 304 g/mol. The molecule has 1 aromatic rings. The van der Waals surface area contributed by atoms with Gasteiger partial charge in [0.25, 0.3) is 0 Å². The third kappa shape index (κ3) is 3.29. The van der Waals surface area contributed by atoms with E-state index in [2.05, 4.69) is 32.1 Å². The van der Waals surface area contributed by atoms with Gasteiger partial charge in [-0.2, -0.15) is 0 Å². The van der Waals surface area contributed by atoms with E-state index in [1.165, 1.54) is 6.92 Å². The van der Waals surface area contributed by atoms with Crippen LogP contribution in [-0.4, -0.2) is 39.6 Å². The molecule has 0 aromatic carbocycles. The van der Waals surface area contributed by atoms with Gasteiger partial charge in [0.15, 0.2) is 0 Å². The summed E-state index contributed by atoms with van der Waals surface area (Å²) in [5, 5.41) is 2.90. The third-order valence-electron chi connectivity index (χ3n) is 4.02. The topological polar surface area (TPSA) is 96.5 Å². The summed E-state index contributed by atoms with van der Waals surface area (Å²) in [6.45, 7) is 5.13. The molecule has 24 heavy (non-hydrogen) atoms. The fourth-order valence-electron chi connectivity index (χ4n) is 3.01. The number of aliphatic imine (C=N–C) groups is 1. The summed E-state index contributed by atoms with van der Waals surface area (Å²) < 4.78 is 0. The fraction of sp³-hybridized carbons (Fsp3) is 0.412. The summed E-state index contributed by atoms with van der Waals surface area (Å²) in [6, 6.07) is 1.86. The maximum Gasteiger partial charge on any atom is 0.221 e. The van der Waals surface area contributed by atoms with Crippen LogP contribution in [0.3, 0.4) is 0 Å². The second kappa shape index (κ2) is 6.82. The number of rotatable bonds is 5. The molecule has 1 aromatic heterocycles. The maximum atomic E-state index is 11.4. The van der Waals surface area contributed by atoms with Crippen molar-refractivity contribution >= 4 is 23.1 Å². The molecule has 3 heterocycles. The lowest BCUT2D eigenvalue weighted by Crippen LogP contribution is -2.33. The number of allylic oxidation sites excluding steroid dienone is 2. The lowest BCUT2D eigenvalue weighted by molar-refractivity contribution is -0.118. The Hall–Kier alpha value is -2.70. The number of nitrogen functional groups attached to an aromatic ring is 1. The number of carbonyl (C=O) groups excluding carboxylic acids is 1. The van der Waals surface area contributed by atoms with Gasteiger partial charge in [-0.15, -0.1) is 0 Å². The molecule has 0 bridgehead atoms. The Bertz CT molecular complexity index is 749. The van der Waals surface area contributed by atoms with Crippen LogP contribution in [0.5, 0.6) is 0 Å². The van der Waals surface area contributed by atoms with Gasteiger partial charge in [0, 0.05) is 43.6 Å². The van der Waals surface area contributed by atoms with Gasteiger partial charge in [-0.25, -0.2) is 9.97 Å². The van der Waals surface area contributed by atoms with Crippen molar-refractivity contribution in [2.24, 2.45) is 4.99 Å². The van der Waals surface area contributed by atoms with Gasteiger partial charge in [0.1, 0.15) is 0 Å². The first-order valence-corrected chi connectivity index (χ1v) is 8.19. The Morgan fingerprint density at radius 1 is 1.46 bits per heavy atom. The third-order valence-corrected chi connectivity index (χ3v) is 4.02. The lowest BCUT2D eigenvalue weighted by Gasteiger charge is -2.30. The monoisotopic (exact) mass is 326 g/mol. The molecule has 3 N–H and O–H groups in total. The number of unbranched alkanes of at least 4 members (excludes halogenated alkanes) is 1. The van der Waals surface area contributed by atoms with E-state index in [0.717, 1.165) is 47.8 Å². The van der Waals surface area contributed by atoms with Crippen LogP contribution in [0.4, 0.5) is 5.95 Å². The summed E-state index contributed by atoms with van der Waals surface area (Å²) in [5.74, 6) is 0.200. The van der Waals surface area contributed by atoms with Crippen LogP contribution in [0.2, 0.25) is 0 Å². The van der Waals surface area contributed by atoms with Gasteiger partial charge in [0.05, 0.1) is 23.6 Å². The number of nitrogens with zero attached hydrogens (tertiary/aromatic N) is 4. The zero-order valence-corrected chi connectivity index (χ0v) is 14.0. The van der Waals surface area contributed by atoms with Gasteiger partial charge < -0.3 is 16.0 Å². The molecule has 2 aliphatic rings. The number of anilines is 1. The molecule has 0 saturated carbocycles. The minimum Gasteiger partial charge on any atom is -0.368 e. The highest BCUT2D eigenvalue weighted by Gasteiger charge is 2.30. The van der Waals surface area contributed by atoms with Gasteiger partial charge >= 0.3 is 0 Å². The first-order chi connectivity index (χ1) is 11.6. The summed E-state index contributed by atoms with van der Waals surface area (Å²) in [4.78, 5) is 26.6. The molecule has 0 atom stereocenters. The van der Waals surface area contributed by atoms with E-state index < -0.39 is 0 Å². The summed E-state index contributed by atoms with van der Waals surface area (Å²) in [6.07, 6.45) is 6.46. The average molecular weight is 326 g/mol. The Labute approximate surface area is 141 Å². The molecule has 7 nitrogen and oxygen atoms in total. The van der Waals surface area contributed by atoms with Gasteiger partial charge in [-0.1, -0.05) is 13.3 Å². The first-order valence-electron chi connectivity index (χ1n) is 8.19. The molecule has 7 heteroatoms. The number of hydrogen-bond acceptors (Lipinski definition) is 6. The molecule has 0 spiro atoms. The van der Waals surface area contributed by atoms with Crippen LogP contribution in [0.1, 0.15) is 38.8 Å². The number of nitrogens with one attached hydrogen (secondary N) is 1. The van der Waals surface area contributed by atoms with E-state index in [4.69, 9.17) is 5.73 Å². The van der Waals surface area contributed by atoms with E-state index >= 15 is 0 Å². The molecular formula is C17H22N6O. The number of nitrogens with two attached hydrogens (primary N) is 1. The van der Waals surface area contributed by atoms with Crippen molar-refractivity contribution in [3.8, 4) is 0 Å². The number of fused-ring (bicyclic) bond motifs is 1. The highest BCUT2D eigenvalue weighted by molar-refractivity contribution is 6.11. The largest absolute Gasteiger partial charge is 0.368 e. The fourth-order valence-corrected chi connectivity index (χ4v) is 3.01. The van der Waals surface area contributed by atoms with E-state index in [0.29, 0.717) is 13.0 Å². The quantitative estimate of drug-likeness (QED) is 0.858. The van der Waals surface area contributed by atoms with Crippen LogP contribution in [0.15, 0.2) is 34.8 Å². The zero-order chi connectivity index (χ0) is 17.1. The molecule has 0 aliphatic carbocycles. The Morgan fingerprint density at radius 3 is 3.00 bits per heavy atom. The van der Waals surface area contributed by atoms with Crippen molar-refractivity contribution in [1.82, 2.24) is 20.2 Å². The van der Waals surface area contributed by atoms with Crippen molar-refractivity contribution in [3.63, 3.8) is 0 Å². The zero-order valence-electron chi connectivity index (χ0n) is 14.0. The van der Waals surface area contributed by atoms with Crippen LogP contribution in [0.25, 0.3) is 5.57 Å². The molecule has 0 radical (unpaired) electrons. The van der Waals surface area contributed by atoms with Crippen molar-refractivity contribution in [2.45, 2.75) is 33.1 Å². The van der Waals surface area contributed by atoms with Gasteiger partial charge in [0.2, 0.25) is 11.9 Å². The standard InChI is InChI=1S/C17H22N6O/c1-3-4-7-23-10-12(21-11(2)24)8-15-16(23)13(9-20-15)14-5-6-19-17(18)22-14/h5-6,10H,3-4,7-9H2,1-2H3,(H,21,24)(H2,18,19,22). The Balaban J connectivity index is 2.00. The number of amides is 1. The Kier molecular flexibility index (Phi) is 4.59. The Morgan fingerprint density at radius 2 is 2.29 bits per heavy atom. The minimum absolute atomic E-state index is 0.0634.